The van der Waals surface area contributed by atoms with Crippen molar-refractivity contribution >= 4 is 11.8 Å². The molecule has 2 amide bonds. The third kappa shape index (κ3) is 4.29. The Balaban J connectivity index is 2.30. The lowest BCUT2D eigenvalue weighted by atomic mass is 10.1. The van der Waals surface area contributed by atoms with E-state index in [1.54, 1.807) is 4.90 Å². The van der Waals surface area contributed by atoms with Gasteiger partial charge in [-0.3, -0.25) is 9.59 Å². The lowest BCUT2D eigenvalue weighted by Crippen LogP contribution is -2.52. The third-order valence-corrected chi connectivity index (χ3v) is 3.01. The third-order valence-electron chi connectivity index (χ3n) is 3.01. The van der Waals surface area contributed by atoms with Crippen molar-refractivity contribution in [1.82, 2.24) is 9.80 Å². The maximum atomic E-state index is 11.8. The van der Waals surface area contributed by atoms with Crippen molar-refractivity contribution in [3.05, 3.63) is 0 Å². The van der Waals surface area contributed by atoms with E-state index in [1.807, 2.05) is 25.7 Å². The summed E-state index contributed by atoms with van der Waals surface area (Å²) in [6, 6.07) is 0. The fraction of sp³-hybridized carbons (Fsp3) is 0.846. The molecule has 1 saturated heterocycles. The van der Waals surface area contributed by atoms with Crippen LogP contribution in [0.4, 0.5) is 0 Å². The van der Waals surface area contributed by atoms with E-state index < -0.39 is 0 Å². The van der Waals surface area contributed by atoms with E-state index in [9.17, 15) is 9.59 Å². The van der Waals surface area contributed by atoms with E-state index in [1.165, 1.54) is 0 Å². The van der Waals surface area contributed by atoms with Gasteiger partial charge < -0.3 is 14.5 Å². The van der Waals surface area contributed by atoms with E-state index in [2.05, 4.69) is 0 Å². The van der Waals surface area contributed by atoms with Gasteiger partial charge in [-0.1, -0.05) is 20.8 Å². The Labute approximate surface area is 109 Å². The summed E-state index contributed by atoms with van der Waals surface area (Å²) in [6.45, 7) is 9.10. The number of piperazine rings is 1. The molecule has 5 heteroatoms. The molecule has 1 rings (SSSR count). The van der Waals surface area contributed by atoms with E-state index in [0.717, 1.165) is 6.42 Å². The summed E-state index contributed by atoms with van der Waals surface area (Å²) in [5.74, 6) is 0.226. The second kappa shape index (κ2) is 7.36. The van der Waals surface area contributed by atoms with Crippen LogP contribution in [0.25, 0.3) is 0 Å². The van der Waals surface area contributed by atoms with Crippen LogP contribution in [-0.4, -0.2) is 61.0 Å². The first-order valence-corrected chi connectivity index (χ1v) is 6.70. The second-order valence-corrected chi connectivity index (χ2v) is 4.91. The molecule has 0 bridgehead atoms. The standard InChI is InChI=1S/C13H24N2O3/c1-4-9-18-10-12(16)14-5-7-15(8-6-14)13(17)11(2)3/h11H,4-10H2,1-3H3. The fourth-order valence-corrected chi connectivity index (χ4v) is 1.94. The topological polar surface area (TPSA) is 49.9 Å². The molecule has 1 aliphatic rings. The molecule has 0 aliphatic carbocycles. The van der Waals surface area contributed by atoms with Crippen LogP contribution in [0.1, 0.15) is 27.2 Å². The molecule has 104 valence electrons. The van der Waals surface area contributed by atoms with E-state index in [-0.39, 0.29) is 24.3 Å². The fourth-order valence-electron chi connectivity index (χ4n) is 1.94. The van der Waals surface area contributed by atoms with Gasteiger partial charge in [0.2, 0.25) is 11.8 Å². The van der Waals surface area contributed by atoms with Crippen LogP contribution in [0.5, 0.6) is 0 Å². The van der Waals surface area contributed by atoms with Crippen LogP contribution >= 0.6 is 0 Å². The molecular formula is C13H24N2O3. The molecule has 0 aromatic heterocycles. The van der Waals surface area contributed by atoms with E-state index >= 15 is 0 Å². The first-order chi connectivity index (χ1) is 8.56. The number of nitrogens with zero attached hydrogens (tertiary/aromatic N) is 2. The zero-order valence-electron chi connectivity index (χ0n) is 11.6. The smallest absolute Gasteiger partial charge is 0.248 e. The molecule has 1 heterocycles. The molecule has 1 fully saturated rings. The molecule has 5 nitrogen and oxygen atoms in total. The minimum Gasteiger partial charge on any atom is -0.372 e. The maximum absolute atomic E-state index is 11.8. The Morgan fingerprint density at radius 3 is 2.17 bits per heavy atom. The van der Waals surface area contributed by atoms with Gasteiger partial charge >= 0.3 is 0 Å². The second-order valence-electron chi connectivity index (χ2n) is 4.91. The van der Waals surface area contributed by atoms with Crippen molar-refractivity contribution in [2.45, 2.75) is 27.2 Å². The summed E-state index contributed by atoms with van der Waals surface area (Å²) >= 11 is 0. The molecule has 0 aromatic rings. The van der Waals surface area contributed by atoms with Crippen molar-refractivity contribution < 1.29 is 14.3 Å². The quantitative estimate of drug-likeness (QED) is 0.682. The van der Waals surface area contributed by atoms with E-state index in [0.29, 0.717) is 32.8 Å². The van der Waals surface area contributed by atoms with Crippen molar-refractivity contribution in [3.8, 4) is 0 Å². The number of ether oxygens (including phenoxy) is 1. The molecule has 0 atom stereocenters. The predicted molar refractivity (Wildman–Crippen MR) is 69.1 cm³/mol. The lowest BCUT2D eigenvalue weighted by Gasteiger charge is -2.35. The Kier molecular flexibility index (Phi) is 6.12. The lowest BCUT2D eigenvalue weighted by molar-refractivity contribution is -0.143. The molecule has 0 aromatic carbocycles. The molecular weight excluding hydrogens is 232 g/mol. The number of carbonyl (C=O) groups excluding carboxylic acids is 2. The van der Waals surface area contributed by atoms with Gasteiger partial charge in [-0.05, 0) is 6.42 Å². The van der Waals surface area contributed by atoms with Gasteiger partial charge in [-0.25, -0.2) is 0 Å². The monoisotopic (exact) mass is 256 g/mol. The summed E-state index contributed by atoms with van der Waals surface area (Å²) < 4.78 is 5.24. The number of amides is 2. The largest absolute Gasteiger partial charge is 0.372 e. The van der Waals surface area contributed by atoms with Crippen LogP contribution in [0.2, 0.25) is 0 Å². The van der Waals surface area contributed by atoms with Crippen LogP contribution < -0.4 is 0 Å². The first kappa shape index (κ1) is 15.0. The summed E-state index contributed by atoms with van der Waals surface area (Å²) in [6.07, 6.45) is 0.921. The van der Waals surface area contributed by atoms with Crippen LogP contribution in [0.15, 0.2) is 0 Å². The number of hydrogen-bond acceptors (Lipinski definition) is 3. The van der Waals surface area contributed by atoms with Crippen molar-refractivity contribution in [2.24, 2.45) is 5.92 Å². The zero-order chi connectivity index (χ0) is 13.5. The molecule has 0 saturated carbocycles. The molecule has 0 spiro atoms. The number of hydrogen-bond donors (Lipinski definition) is 0. The normalized spacial score (nSPS) is 16.2. The zero-order valence-corrected chi connectivity index (χ0v) is 11.6. The summed E-state index contributed by atoms with van der Waals surface area (Å²) in [5, 5.41) is 0. The average molecular weight is 256 g/mol. The first-order valence-electron chi connectivity index (χ1n) is 6.70. The molecule has 0 N–H and O–H groups in total. The van der Waals surface area contributed by atoms with Crippen molar-refractivity contribution in [1.29, 1.82) is 0 Å². The van der Waals surface area contributed by atoms with Gasteiger partial charge in [0, 0.05) is 38.7 Å². The minimum absolute atomic E-state index is 0.0279. The molecule has 1 aliphatic heterocycles. The van der Waals surface area contributed by atoms with Gasteiger partial charge in [0.1, 0.15) is 6.61 Å². The van der Waals surface area contributed by atoms with E-state index in [4.69, 9.17) is 4.74 Å². The highest BCUT2D eigenvalue weighted by Crippen LogP contribution is 2.07. The summed E-state index contributed by atoms with van der Waals surface area (Å²) in [5.41, 5.74) is 0. The van der Waals surface area contributed by atoms with Crippen LogP contribution in [0, 0.1) is 5.92 Å². The number of rotatable bonds is 5. The Morgan fingerprint density at radius 1 is 1.11 bits per heavy atom. The summed E-state index contributed by atoms with van der Waals surface area (Å²) in [4.78, 5) is 27.2. The Hall–Kier alpha value is -1.10. The average Bonchev–Trinajstić information content (AvgIpc) is 2.38. The molecule has 0 unspecified atom stereocenters. The highest BCUT2D eigenvalue weighted by Gasteiger charge is 2.25. The Bertz CT molecular complexity index is 284. The maximum Gasteiger partial charge on any atom is 0.248 e. The Morgan fingerprint density at radius 2 is 1.67 bits per heavy atom. The predicted octanol–water partition coefficient (Wildman–Crippen LogP) is 0.740. The minimum atomic E-state index is 0.0279. The van der Waals surface area contributed by atoms with Crippen molar-refractivity contribution in [3.63, 3.8) is 0 Å². The van der Waals surface area contributed by atoms with Crippen molar-refractivity contribution in [2.75, 3.05) is 39.4 Å². The highest BCUT2D eigenvalue weighted by molar-refractivity contribution is 5.80. The SMILES string of the molecule is CCCOCC(=O)N1CCN(C(=O)C(C)C)CC1. The van der Waals surface area contributed by atoms with Crippen LogP contribution in [0.3, 0.4) is 0 Å². The molecule has 18 heavy (non-hydrogen) atoms. The van der Waals surface area contributed by atoms with Gasteiger partial charge in [0.25, 0.3) is 0 Å². The van der Waals surface area contributed by atoms with Crippen LogP contribution in [-0.2, 0) is 14.3 Å². The summed E-state index contributed by atoms with van der Waals surface area (Å²) in [7, 11) is 0. The molecule has 0 radical (unpaired) electrons. The highest BCUT2D eigenvalue weighted by atomic mass is 16.5. The number of carbonyl (C=O) groups is 2. The van der Waals surface area contributed by atoms with Gasteiger partial charge in [-0.15, -0.1) is 0 Å². The van der Waals surface area contributed by atoms with Gasteiger partial charge in [-0.2, -0.15) is 0 Å². The van der Waals surface area contributed by atoms with Gasteiger partial charge in [0.15, 0.2) is 0 Å². The van der Waals surface area contributed by atoms with Gasteiger partial charge in [0.05, 0.1) is 0 Å².